The maximum absolute atomic E-state index is 11.6. The lowest BCUT2D eigenvalue weighted by Gasteiger charge is -2.36. The lowest BCUT2D eigenvalue weighted by molar-refractivity contribution is 0.329. The van der Waals surface area contributed by atoms with Crippen molar-refractivity contribution in [2.45, 2.75) is 24.8 Å². The van der Waals surface area contributed by atoms with E-state index in [-0.39, 0.29) is 5.54 Å². The minimum Gasteiger partial charge on any atom is -0.315 e. The van der Waals surface area contributed by atoms with Gasteiger partial charge in [0.15, 0.2) is 9.84 Å². The molecule has 0 aliphatic carbocycles. The first-order valence-corrected chi connectivity index (χ1v) is 7.10. The molecule has 2 aliphatic heterocycles. The van der Waals surface area contributed by atoms with Crippen molar-refractivity contribution in [1.82, 2.24) is 10.6 Å². The van der Waals surface area contributed by atoms with Gasteiger partial charge in [0.1, 0.15) is 0 Å². The number of rotatable bonds is 0. The van der Waals surface area contributed by atoms with E-state index in [0.29, 0.717) is 11.5 Å². The van der Waals surface area contributed by atoms with Gasteiger partial charge in [-0.3, -0.25) is 0 Å². The van der Waals surface area contributed by atoms with E-state index in [1.807, 2.05) is 0 Å². The van der Waals surface area contributed by atoms with E-state index >= 15 is 0 Å². The van der Waals surface area contributed by atoms with E-state index in [9.17, 15) is 8.42 Å². The molecule has 1 unspecified atom stereocenters. The molecule has 0 bridgehead atoms. The van der Waals surface area contributed by atoms with Crippen molar-refractivity contribution in [3.05, 3.63) is 0 Å². The number of hydrogen-bond donors (Lipinski definition) is 2. The topological polar surface area (TPSA) is 58.2 Å². The van der Waals surface area contributed by atoms with Gasteiger partial charge in [0.05, 0.1) is 11.5 Å². The Morgan fingerprint density at radius 1 is 1.14 bits per heavy atom. The van der Waals surface area contributed by atoms with E-state index < -0.39 is 9.84 Å². The van der Waals surface area contributed by atoms with Gasteiger partial charge in [-0.2, -0.15) is 0 Å². The van der Waals surface area contributed by atoms with E-state index in [0.717, 1.165) is 38.9 Å². The molecular formula is C9H18N2O2S. The Morgan fingerprint density at radius 2 is 2.00 bits per heavy atom. The van der Waals surface area contributed by atoms with Crippen LogP contribution in [-0.4, -0.2) is 45.1 Å². The number of nitrogens with one attached hydrogen (secondary N) is 2. The Kier molecular flexibility index (Phi) is 2.81. The van der Waals surface area contributed by atoms with Crippen molar-refractivity contribution in [2.24, 2.45) is 0 Å². The van der Waals surface area contributed by atoms with Gasteiger partial charge in [0, 0.05) is 12.1 Å². The quantitative estimate of drug-likeness (QED) is 0.576. The van der Waals surface area contributed by atoms with Gasteiger partial charge in [-0.15, -0.1) is 0 Å². The highest BCUT2D eigenvalue weighted by atomic mass is 32.2. The third kappa shape index (κ3) is 2.27. The van der Waals surface area contributed by atoms with Gasteiger partial charge in [-0.25, -0.2) is 8.42 Å². The average molecular weight is 218 g/mol. The van der Waals surface area contributed by atoms with Crippen LogP contribution in [0.3, 0.4) is 0 Å². The second-order valence-electron chi connectivity index (χ2n) is 4.43. The normalized spacial score (nSPS) is 38.0. The van der Waals surface area contributed by atoms with Gasteiger partial charge in [0.2, 0.25) is 0 Å². The van der Waals surface area contributed by atoms with Crippen LogP contribution in [0.1, 0.15) is 19.3 Å². The Morgan fingerprint density at radius 3 is 2.79 bits per heavy atom. The molecule has 1 atom stereocenters. The summed E-state index contributed by atoms with van der Waals surface area (Å²) < 4.78 is 23.1. The zero-order chi connectivity index (χ0) is 10.1. The van der Waals surface area contributed by atoms with E-state index in [1.54, 1.807) is 0 Å². The number of hydrogen-bond acceptors (Lipinski definition) is 4. The average Bonchev–Trinajstić information content (AvgIpc) is 2.29. The zero-order valence-corrected chi connectivity index (χ0v) is 9.20. The summed E-state index contributed by atoms with van der Waals surface area (Å²) in [5.41, 5.74) is -0.173. The maximum Gasteiger partial charge on any atom is 0.152 e. The minimum absolute atomic E-state index is 0.173. The Balaban J connectivity index is 2.13. The summed E-state index contributed by atoms with van der Waals surface area (Å²) in [6, 6.07) is 0. The van der Waals surface area contributed by atoms with Gasteiger partial charge >= 0.3 is 0 Å². The van der Waals surface area contributed by atoms with Crippen LogP contribution in [0.25, 0.3) is 0 Å². The summed E-state index contributed by atoms with van der Waals surface area (Å²) in [6.45, 7) is 2.73. The monoisotopic (exact) mass is 218 g/mol. The molecule has 2 aliphatic rings. The second kappa shape index (κ2) is 3.79. The van der Waals surface area contributed by atoms with Gasteiger partial charge in [-0.05, 0) is 32.4 Å². The van der Waals surface area contributed by atoms with Crippen LogP contribution >= 0.6 is 0 Å². The predicted molar refractivity (Wildman–Crippen MR) is 56.1 cm³/mol. The smallest absolute Gasteiger partial charge is 0.152 e. The molecule has 14 heavy (non-hydrogen) atoms. The molecule has 5 heteroatoms. The first-order chi connectivity index (χ1) is 6.62. The third-order valence-electron chi connectivity index (χ3n) is 3.10. The summed E-state index contributed by atoms with van der Waals surface area (Å²) in [6.07, 6.45) is 2.87. The lowest BCUT2D eigenvalue weighted by atomic mass is 9.95. The van der Waals surface area contributed by atoms with Crippen LogP contribution in [0.2, 0.25) is 0 Å². The minimum atomic E-state index is -2.81. The fraction of sp³-hybridized carbons (Fsp3) is 1.00. The van der Waals surface area contributed by atoms with E-state index in [2.05, 4.69) is 10.6 Å². The largest absolute Gasteiger partial charge is 0.315 e. The Labute approximate surface area is 85.4 Å². The standard InChI is InChI=1S/C9H18N2O2S/c12-14(13)6-1-3-9(8-14)7-10-4-2-5-11-9/h10-11H,1-8H2. The molecular weight excluding hydrogens is 200 g/mol. The zero-order valence-electron chi connectivity index (χ0n) is 8.38. The highest BCUT2D eigenvalue weighted by molar-refractivity contribution is 7.91. The maximum atomic E-state index is 11.6. The molecule has 0 radical (unpaired) electrons. The van der Waals surface area contributed by atoms with Gasteiger partial charge in [-0.1, -0.05) is 0 Å². The molecule has 0 saturated carbocycles. The molecule has 2 heterocycles. The molecule has 0 amide bonds. The van der Waals surface area contributed by atoms with E-state index in [1.165, 1.54) is 0 Å². The first-order valence-electron chi connectivity index (χ1n) is 5.28. The predicted octanol–water partition coefficient (Wildman–Crippen LogP) is -0.483. The summed E-state index contributed by atoms with van der Waals surface area (Å²) in [5.74, 6) is 0.684. The van der Waals surface area contributed by atoms with Crippen LogP contribution in [0.5, 0.6) is 0 Å². The van der Waals surface area contributed by atoms with E-state index in [4.69, 9.17) is 0 Å². The van der Waals surface area contributed by atoms with Crippen molar-refractivity contribution in [3.8, 4) is 0 Å². The summed E-state index contributed by atoms with van der Waals surface area (Å²) in [7, 11) is -2.81. The van der Waals surface area contributed by atoms with Crippen LogP contribution < -0.4 is 10.6 Å². The Hall–Kier alpha value is -0.130. The molecule has 2 saturated heterocycles. The lowest BCUT2D eigenvalue weighted by Crippen LogP contribution is -2.57. The van der Waals surface area contributed by atoms with Crippen molar-refractivity contribution < 1.29 is 8.42 Å². The van der Waals surface area contributed by atoms with Crippen molar-refractivity contribution in [1.29, 1.82) is 0 Å². The Bertz CT molecular complexity index is 292. The molecule has 0 aromatic heterocycles. The molecule has 0 aromatic rings. The highest BCUT2D eigenvalue weighted by Gasteiger charge is 2.38. The molecule has 0 aromatic carbocycles. The highest BCUT2D eigenvalue weighted by Crippen LogP contribution is 2.23. The molecule has 2 N–H and O–H groups in total. The van der Waals surface area contributed by atoms with Crippen LogP contribution in [0, 0.1) is 0 Å². The summed E-state index contributed by atoms with van der Waals surface area (Å²) >= 11 is 0. The summed E-state index contributed by atoms with van der Waals surface area (Å²) in [4.78, 5) is 0. The van der Waals surface area contributed by atoms with Gasteiger partial charge in [0.25, 0.3) is 0 Å². The molecule has 82 valence electrons. The van der Waals surface area contributed by atoms with Gasteiger partial charge < -0.3 is 10.6 Å². The SMILES string of the molecule is O=S1(=O)CCCC2(CNCCCN2)C1. The molecule has 1 spiro atoms. The third-order valence-corrected chi connectivity index (χ3v) is 5.00. The van der Waals surface area contributed by atoms with Crippen LogP contribution in [0.4, 0.5) is 0 Å². The van der Waals surface area contributed by atoms with Crippen LogP contribution in [-0.2, 0) is 9.84 Å². The number of sulfone groups is 1. The fourth-order valence-corrected chi connectivity index (χ4v) is 4.35. The molecule has 2 fully saturated rings. The molecule has 4 nitrogen and oxygen atoms in total. The van der Waals surface area contributed by atoms with Crippen molar-refractivity contribution >= 4 is 9.84 Å². The van der Waals surface area contributed by atoms with Crippen LogP contribution in [0.15, 0.2) is 0 Å². The fourth-order valence-electron chi connectivity index (χ4n) is 2.43. The summed E-state index contributed by atoms with van der Waals surface area (Å²) in [5, 5.41) is 6.73. The van der Waals surface area contributed by atoms with Crippen molar-refractivity contribution in [3.63, 3.8) is 0 Å². The molecule has 2 rings (SSSR count). The van der Waals surface area contributed by atoms with Crippen molar-refractivity contribution in [2.75, 3.05) is 31.1 Å². The first kappa shape index (κ1) is 10.4. The second-order valence-corrected chi connectivity index (χ2v) is 6.62.